The molecule has 1 rings (SSSR count). The van der Waals surface area contributed by atoms with Gasteiger partial charge in [-0.05, 0) is 26.3 Å². The smallest absolute Gasteiger partial charge is 0.225 e. The molecule has 0 spiro atoms. The Kier molecular flexibility index (Phi) is 7.16. The van der Waals surface area contributed by atoms with Crippen LogP contribution in [-0.4, -0.2) is 61.4 Å². The summed E-state index contributed by atoms with van der Waals surface area (Å²) in [5.41, 5.74) is 0. The lowest BCUT2D eigenvalue weighted by Crippen LogP contribution is -2.42. The molecular weight excluding hydrogens is 220 g/mol. The van der Waals surface area contributed by atoms with Crippen LogP contribution < -0.4 is 5.32 Å². The molecule has 1 saturated heterocycles. The first-order chi connectivity index (χ1) is 8.27. The number of hydrogen-bond donors (Lipinski definition) is 2. The van der Waals surface area contributed by atoms with Crippen LogP contribution in [0, 0.1) is 0 Å². The highest BCUT2D eigenvalue weighted by molar-refractivity contribution is 5.76. The predicted octanol–water partition coefficient (Wildman–Crippen LogP) is -0.0141. The molecule has 1 heterocycles. The van der Waals surface area contributed by atoms with Crippen LogP contribution in [-0.2, 0) is 9.53 Å². The Morgan fingerprint density at radius 2 is 2.41 bits per heavy atom. The summed E-state index contributed by atoms with van der Waals surface area (Å²) in [6.07, 6.45) is 2.69. The molecule has 1 atom stereocenters. The van der Waals surface area contributed by atoms with E-state index in [9.17, 15) is 4.79 Å². The van der Waals surface area contributed by atoms with E-state index in [-0.39, 0.29) is 12.5 Å². The van der Waals surface area contributed by atoms with Gasteiger partial charge in [0, 0.05) is 25.7 Å². The third-order valence-corrected chi connectivity index (χ3v) is 2.99. The standard InChI is InChI=1S/C12H24N2O3/c1-2-17-9-5-12(16)14(7-8-15)10-11-4-3-6-13-11/h11,13,15H,2-10H2,1H3. The van der Waals surface area contributed by atoms with Crippen molar-refractivity contribution < 1.29 is 14.6 Å². The number of amides is 1. The summed E-state index contributed by atoms with van der Waals surface area (Å²) in [5.74, 6) is 0.0706. The molecule has 5 heteroatoms. The quantitative estimate of drug-likeness (QED) is 0.589. The monoisotopic (exact) mass is 244 g/mol. The number of hydrogen-bond acceptors (Lipinski definition) is 4. The van der Waals surface area contributed by atoms with E-state index < -0.39 is 0 Å². The second-order valence-electron chi connectivity index (χ2n) is 4.30. The molecule has 0 aromatic carbocycles. The molecule has 1 fully saturated rings. The predicted molar refractivity (Wildman–Crippen MR) is 65.8 cm³/mol. The van der Waals surface area contributed by atoms with Crippen molar-refractivity contribution in [2.45, 2.75) is 32.2 Å². The molecule has 17 heavy (non-hydrogen) atoms. The number of carbonyl (C=O) groups excluding carboxylic acids is 1. The van der Waals surface area contributed by atoms with Crippen LogP contribution >= 0.6 is 0 Å². The van der Waals surface area contributed by atoms with Crippen LogP contribution in [0.15, 0.2) is 0 Å². The zero-order valence-corrected chi connectivity index (χ0v) is 10.7. The molecule has 100 valence electrons. The molecule has 5 nitrogen and oxygen atoms in total. The van der Waals surface area contributed by atoms with Gasteiger partial charge in [0.25, 0.3) is 0 Å². The van der Waals surface area contributed by atoms with E-state index in [0.717, 1.165) is 13.0 Å². The van der Waals surface area contributed by atoms with Crippen molar-refractivity contribution in [1.29, 1.82) is 0 Å². The average Bonchev–Trinajstić information content (AvgIpc) is 2.81. The lowest BCUT2D eigenvalue weighted by molar-refractivity contribution is -0.133. The molecule has 0 aromatic heterocycles. The minimum Gasteiger partial charge on any atom is -0.395 e. The minimum absolute atomic E-state index is 0.0209. The van der Waals surface area contributed by atoms with E-state index in [4.69, 9.17) is 9.84 Å². The van der Waals surface area contributed by atoms with E-state index >= 15 is 0 Å². The molecule has 1 amide bonds. The van der Waals surface area contributed by atoms with Crippen molar-refractivity contribution >= 4 is 5.91 Å². The van der Waals surface area contributed by atoms with Crippen molar-refractivity contribution in [2.24, 2.45) is 0 Å². The van der Waals surface area contributed by atoms with Gasteiger partial charge in [-0.1, -0.05) is 0 Å². The van der Waals surface area contributed by atoms with Crippen LogP contribution in [0.5, 0.6) is 0 Å². The van der Waals surface area contributed by atoms with E-state index in [1.54, 1.807) is 4.90 Å². The van der Waals surface area contributed by atoms with Crippen molar-refractivity contribution in [1.82, 2.24) is 10.2 Å². The first kappa shape index (κ1) is 14.4. The van der Waals surface area contributed by atoms with E-state index in [2.05, 4.69) is 5.32 Å². The van der Waals surface area contributed by atoms with Crippen molar-refractivity contribution in [3.63, 3.8) is 0 Å². The van der Waals surface area contributed by atoms with Gasteiger partial charge in [-0.25, -0.2) is 0 Å². The van der Waals surface area contributed by atoms with Gasteiger partial charge in [-0.3, -0.25) is 4.79 Å². The second kappa shape index (κ2) is 8.44. The number of ether oxygens (including phenoxy) is 1. The van der Waals surface area contributed by atoms with Crippen LogP contribution in [0.2, 0.25) is 0 Å². The molecule has 1 aliphatic rings. The second-order valence-corrected chi connectivity index (χ2v) is 4.30. The molecule has 0 radical (unpaired) electrons. The first-order valence-corrected chi connectivity index (χ1v) is 6.47. The van der Waals surface area contributed by atoms with Crippen molar-refractivity contribution in [3.05, 3.63) is 0 Å². The Morgan fingerprint density at radius 1 is 1.59 bits per heavy atom. The maximum atomic E-state index is 11.9. The van der Waals surface area contributed by atoms with Gasteiger partial charge in [-0.2, -0.15) is 0 Å². The van der Waals surface area contributed by atoms with Crippen molar-refractivity contribution in [3.8, 4) is 0 Å². The minimum atomic E-state index is 0.0209. The lowest BCUT2D eigenvalue weighted by atomic mass is 10.2. The van der Waals surface area contributed by atoms with Gasteiger partial charge in [0.15, 0.2) is 0 Å². The van der Waals surface area contributed by atoms with Crippen LogP contribution in [0.25, 0.3) is 0 Å². The number of aliphatic hydroxyl groups excluding tert-OH is 1. The normalized spacial score (nSPS) is 19.5. The van der Waals surface area contributed by atoms with E-state index in [1.807, 2.05) is 6.92 Å². The molecule has 1 aliphatic heterocycles. The SMILES string of the molecule is CCOCCC(=O)N(CCO)CC1CCCN1. The number of nitrogens with zero attached hydrogens (tertiary/aromatic N) is 1. The fourth-order valence-electron chi connectivity index (χ4n) is 2.08. The Bertz CT molecular complexity index is 218. The topological polar surface area (TPSA) is 61.8 Å². The lowest BCUT2D eigenvalue weighted by Gasteiger charge is -2.25. The van der Waals surface area contributed by atoms with Gasteiger partial charge in [0.05, 0.1) is 19.6 Å². The third-order valence-electron chi connectivity index (χ3n) is 2.99. The fourth-order valence-corrected chi connectivity index (χ4v) is 2.08. The highest BCUT2D eigenvalue weighted by atomic mass is 16.5. The fraction of sp³-hybridized carbons (Fsp3) is 0.917. The molecule has 1 unspecified atom stereocenters. The molecular formula is C12H24N2O3. The molecule has 0 saturated carbocycles. The van der Waals surface area contributed by atoms with Gasteiger partial charge < -0.3 is 20.1 Å². The summed E-state index contributed by atoms with van der Waals surface area (Å²) < 4.78 is 5.18. The largest absolute Gasteiger partial charge is 0.395 e. The van der Waals surface area contributed by atoms with Gasteiger partial charge in [0.1, 0.15) is 0 Å². The maximum Gasteiger partial charge on any atom is 0.225 e. The average molecular weight is 244 g/mol. The Labute approximate surface area is 103 Å². The summed E-state index contributed by atoms with van der Waals surface area (Å²) >= 11 is 0. The number of nitrogens with one attached hydrogen (secondary N) is 1. The molecule has 2 N–H and O–H groups in total. The zero-order chi connectivity index (χ0) is 12.5. The molecule has 0 aromatic rings. The highest BCUT2D eigenvalue weighted by Gasteiger charge is 2.20. The molecule has 0 aliphatic carbocycles. The zero-order valence-electron chi connectivity index (χ0n) is 10.7. The number of aliphatic hydroxyl groups is 1. The van der Waals surface area contributed by atoms with Crippen LogP contribution in [0.4, 0.5) is 0 Å². The van der Waals surface area contributed by atoms with Gasteiger partial charge in [-0.15, -0.1) is 0 Å². The van der Waals surface area contributed by atoms with Gasteiger partial charge in [0.2, 0.25) is 5.91 Å². The molecule has 0 bridgehead atoms. The summed E-state index contributed by atoms with van der Waals surface area (Å²) in [5, 5.41) is 12.3. The van der Waals surface area contributed by atoms with E-state index in [0.29, 0.717) is 38.8 Å². The number of carbonyl (C=O) groups is 1. The summed E-state index contributed by atoms with van der Waals surface area (Å²) in [7, 11) is 0. The Morgan fingerprint density at radius 3 is 3.00 bits per heavy atom. The summed E-state index contributed by atoms with van der Waals surface area (Å²) in [6.45, 7) is 5.19. The van der Waals surface area contributed by atoms with Crippen molar-refractivity contribution in [2.75, 3.05) is 39.5 Å². The highest BCUT2D eigenvalue weighted by Crippen LogP contribution is 2.07. The summed E-state index contributed by atoms with van der Waals surface area (Å²) in [6, 6.07) is 0.387. The summed E-state index contributed by atoms with van der Waals surface area (Å²) in [4.78, 5) is 13.6. The first-order valence-electron chi connectivity index (χ1n) is 6.47. The van der Waals surface area contributed by atoms with E-state index in [1.165, 1.54) is 6.42 Å². The van der Waals surface area contributed by atoms with Crippen LogP contribution in [0.3, 0.4) is 0 Å². The Hall–Kier alpha value is -0.650. The number of rotatable bonds is 8. The van der Waals surface area contributed by atoms with Gasteiger partial charge >= 0.3 is 0 Å². The maximum absolute atomic E-state index is 11.9. The third kappa shape index (κ3) is 5.48. The van der Waals surface area contributed by atoms with Crippen LogP contribution in [0.1, 0.15) is 26.2 Å². The Balaban J connectivity index is 2.31.